The molecule has 0 bridgehead atoms. The number of rotatable bonds is 6. The average Bonchev–Trinajstić information content (AvgIpc) is 2.71. The number of hydrogen-bond donors (Lipinski definition) is 2. The molecule has 1 fully saturated rings. The summed E-state index contributed by atoms with van der Waals surface area (Å²) in [7, 11) is 0. The number of anilines is 2. The van der Waals surface area contributed by atoms with Crippen molar-refractivity contribution in [2.75, 3.05) is 10.6 Å². The van der Waals surface area contributed by atoms with E-state index < -0.39 is 0 Å². The van der Waals surface area contributed by atoms with E-state index >= 15 is 0 Å². The molecule has 3 rings (SSSR count). The lowest BCUT2D eigenvalue weighted by atomic mass is 9.81. The standard InChI is InChI=1S/C24H30N2O3/c1-16(2)29-22-11-7-6-10-21(22)26-24(28)19-14-12-18(13-15-19)23(27)25-20-9-5-4-8-17(20)3/h4-11,16,18-19H,12-15H2,1-3H3,(H,25,27)(H,26,28). The Bertz CT molecular complexity index is 855. The third-order valence-electron chi connectivity index (χ3n) is 5.38. The lowest BCUT2D eigenvalue weighted by molar-refractivity contribution is -0.125. The van der Waals surface area contributed by atoms with Gasteiger partial charge in [-0.3, -0.25) is 9.59 Å². The minimum absolute atomic E-state index is 0.00238. The van der Waals surface area contributed by atoms with E-state index in [1.807, 2.05) is 69.3 Å². The predicted molar refractivity (Wildman–Crippen MR) is 116 cm³/mol. The Labute approximate surface area is 172 Å². The van der Waals surface area contributed by atoms with Crippen LogP contribution in [-0.4, -0.2) is 17.9 Å². The first-order valence-electron chi connectivity index (χ1n) is 10.4. The van der Waals surface area contributed by atoms with E-state index in [-0.39, 0.29) is 29.8 Å². The molecule has 1 aliphatic carbocycles. The van der Waals surface area contributed by atoms with Gasteiger partial charge in [0.05, 0.1) is 11.8 Å². The fraction of sp³-hybridized carbons (Fsp3) is 0.417. The van der Waals surface area contributed by atoms with Crippen molar-refractivity contribution in [1.82, 2.24) is 0 Å². The topological polar surface area (TPSA) is 67.4 Å². The molecule has 1 aliphatic rings. The Morgan fingerprint density at radius 2 is 1.31 bits per heavy atom. The van der Waals surface area contributed by atoms with E-state index in [9.17, 15) is 9.59 Å². The maximum absolute atomic E-state index is 12.8. The number of benzene rings is 2. The molecule has 154 valence electrons. The zero-order chi connectivity index (χ0) is 20.8. The van der Waals surface area contributed by atoms with Gasteiger partial charge < -0.3 is 15.4 Å². The van der Waals surface area contributed by atoms with Gasteiger partial charge in [0.1, 0.15) is 5.75 Å². The van der Waals surface area contributed by atoms with Gasteiger partial charge in [-0.15, -0.1) is 0 Å². The monoisotopic (exact) mass is 394 g/mol. The van der Waals surface area contributed by atoms with Crippen molar-refractivity contribution >= 4 is 23.2 Å². The van der Waals surface area contributed by atoms with Crippen LogP contribution in [0.2, 0.25) is 0 Å². The first-order valence-corrected chi connectivity index (χ1v) is 10.4. The molecule has 29 heavy (non-hydrogen) atoms. The number of nitrogens with one attached hydrogen (secondary N) is 2. The van der Waals surface area contributed by atoms with Crippen molar-refractivity contribution in [3.63, 3.8) is 0 Å². The highest BCUT2D eigenvalue weighted by Gasteiger charge is 2.30. The second kappa shape index (κ2) is 9.59. The van der Waals surface area contributed by atoms with Crippen LogP contribution in [-0.2, 0) is 9.59 Å². The molecule has 5 nitrogen and oxygen atoms in total. The van der Waals surface area contributed by atoms with Gasteiger partial charge in [-0.25, -0.2) is 0 Å². The van der Waals surface area contributed by atoms with E-state index in [0.29, 0.717) is 24.3 Å². The van der Waals surface area contributed by atoms with Gasteiger partial charge in [-0.05, 0) is 70.2 Å². The molecule has 0 aliphatic heterocycles. The number of para-hydroxylation sites is 3. The summed E-state index contributed by atoms with van der Waals surface area (Å²) in [4.78, 5) is 25.4. The van der Waals surface area contributed by atoms with Crippen LogP contribution in [0.5, 0.6) is 5.75 Å². The molecular weight excluding hydrogens is 364 g/mol. The summed E-state index contributed by atoms with van der Waals surface area (Å²) in [5.74, 6) is 0.610. The van der Waals surface area contributed by atoms with Crippen LogP contribution in [0, 0.1) is 18.8 Å². The van der Waals surface area contributed by atoms with Gasteiger partial charge in [-0.2, -0.15) is 0 Å². The minimum atomic E-state index is -0.0791. The molecule has 2 amide bonds. The smallest absolute Gasteiger partial charge is 0.227 e. The molecule has 2 aromatic carbocycles. The van der Waals surface area contributed by atoms with Gasteiger partial charge in [-0.1, -0.05) is 30.3 Å². The van der Waals surface area contributed by atoms with Gasteiger partial charge in [0.25, 0.3) is 0 Å². The highest BCUT2D eigenvalue weighted by molar-refractivity contribution is 5.95. The van der Waals surface area contributed by atoms with Crippen LogP contribution in [0.3, 0.4) is 0 Å². The van der Waals surface area contributed by atoms with Crippen molar-refractivity contribution in [1.29, 1.82) is 0 Å². The van der Waals surface area contributed by atoms with E-state index in [0.717, 1.165) is 24.1 Å². The summed E-state index contributed by atoms with van der Waals surface area (Å²) in [5.41, 5.74) is 2.61. The average molecular weight is 395 g/mol. The fourth-order valence-corrected chi connectivity index (χ4v) is 3.73. The number of aryl methyl sites for hydroxylation is 1. The molecule has 2 aromatic rings. The van der Waals surface area contributed by atoms with Crippen molar-refractivity contribution in [3.8, 4) is 5.75 Å². The van der Waals surface area contributed by atoms with Crippen molar-refractivity contribution in [3.05, 3.63) is 54.1 Å². The third-order valence-corrected chi connectivity index (χ3v) is 5.38. The van der Waals surface area contributed by atoms with E-state index in [2.05, 4.69) is 10.6 Å². The van der Waals surface area contributed by atoms with Crippen molar-refractivity contribution in [2.45, 2.75) is 52.6 Å². The van der Waals surface area contributed by atoms with Crippen molar-refractivity contribution < 1.29 is 14.3 Å². The number of hydrogen-bond acceptors (Lipinski definition) is 3. The second-order valence-electron chi connectivity index (χ2n) is 8.00. The minimum Gasteiger partial charge on any atom is -0.489 e. The van der Waals surface area contributed by atoms with Gasteiger partial charge in [0, 0.05) is 17.5 Å². The molecule has 2 N–H and O–H groups in total. The van der Waals surface area contributed by atoms with Gasteiger partial charge in [0.2, 0.25) is 11.8 Å². The molecular formula is C24H30N2O3. The van der Waals surface area contributed by atoms with Crippen LogP contribution in [0.1, 0.15) is 45.1 Å². The van der Waals surface area contributed by atoms with E-state index in [1.165, 1.54) is 0 Å². The summed E-state index contributed by atoms with van der Waals surface area (Å²) in [6.07, 6.45) is 2.91. The first-order chi connectivity index (χ1) is 13.9. The molecule has 0 aromatic heterocycles. The van der Waals surface area contributed by atoms with Crippen LogP contribution in [0.4, 0.5) is 11.4 Å². The van der Waals surface area contributed by atoms with Crippen LogP contribution in [0.25, 0.3) is 0 Å². The van der Waals surface area contributed by atoms with E-state index in [1.54, 1.807) is 0 Å². The fourth-order valence-electron chi connectivity index (χ4n) is 3.73. The normalized spacial score (nSPS) is 18.9. The molecule has 0 heterocycles. The summed E-state index contributed by atoms with van der Waals surface area (Å²) in [6, 6.07) is 15.3. The summed E-state index contributed by atoms with van der Waals surface area (Å²) in [5, 5.41) is 6.05. The molecule has 0 atom stereocenters. The Kier molecular flexibility index (Phi) is 6.91. The maximum Gasteiger partial charge on any atom is 0.227 e. The van der Waals surface area contributed by atoms with Gasteiger partial charge in [0.15, 0.2) is 0 Å². The van der Waals surface area contributed by atoms with Crippen molar-refractivity contribution in [2.24, 2.45) is 11.8 Å². The Morgan fingerprint density at radius 3 is 1.86 bits per heavy atom. The van der Waals surface area contributed by atoms with E-state index in [4.69, 9.17) is 4.74 Å². The van der Waals surface area contributed by atoms with Crippen LogP contribution >= 0.6 is 0 Å². The Hall–Kier alpha value is -2.82. The maximum atomic E-state index is 12.8. The Balaban J connectivity index is 1.53. The van der Waals surface area contributed by atoms with Crippen LogP contribution < -0.4 is 15.4 Å². The Morgan fingerprint density at radius 1 is 0.828 bits per heavy atom. The number of ether oxygens (including phenoxy) is 1. The molecule has 0 spiro atoms. The molecule has 5 heteroatoms. The third kappa shape index (κ3) is 5.59. The largest absolute Gasteiger partial charge is 0.489 e. The zero-order valence-corrected chi connectivity index (χ0v) is 17.4. The lowest BCUT2D eigenvalue weighted by Gasteiger charge is -2.27. The molecule has 0 unspecified atom stereocenters. The number of carbonyl (C=O) groups is 2. The predicted octanol–water partition coefficient (Wildman–Crippen LogP) is 5.17. The zero-order valence-electron chi connectivity index (χ0n) is 17.4. The second-order valence-corrected chi connectivity index (χ2v) is 8.00. The molecule has 0 radical (unpaired) electrons. The highest BCUT2D eigenvalue weighted by atomic mass is 16.5. The highest BCUT2D eigenvalue weighted by Crippen LogP contribution is 2.32. The molecule has 0 saturated heterocycles. The summed E-state index contributed by atoms with van der Waals surface area (Å²) in [6.45, 7) is 5.90. The summed E-state index contributed by atoms with van der Waals surface area (Å²) >= 11 is 0. The lowest BCUT2D eigenvalue weighted by Crippen LogP contribution is -2.32. The molecule has 1 saturated carbocycles. The van der Waals surface area contributed by atoms with Crippen LogP contribution in [0.15, 0.2) is 48.5 Å². The number of carbonyl (C=O) groups excluding carboxylic acids is 2. The first kappa shape index (κ1) is 20.9. The SMILES string of the molecule is Cc1ccccc1NC(=O)C1CCC(C(=O)Nc2ccccc2OC(C)C)CC1. The number of amides is 2. The quantitative estimate of drug-likeness (QED) is 0.711. The van der Waals surface area contributed by atoms with Gasteiger partial charge >= 0.3 is 0 Å². The summed E-state index contributed by atoms with van der Waals surface area (Å²) < 4.78 is 5.78.